The predicted octanol–water partition coefficient (Wildman–Crippen LogP) is 4.61. The quantitative estimate of drug-likeness (QED) is 0.591. The molecular formula is C22H25ClF2N2O4S. The molecule has 1 atom stereocenters. The number of nitrogens with zero attached hydrogens (tertiary/aromatic N) is 1. The number of carbonyl (C=O) groups is 1. The number of nitrogens with one attached hydrogen (secondary N) is 1. The first-order chi connectivity index (χ1) is 15.2. The minimum Gasteiger partial charge on any atom is -0.434 e. The third-order valence-electron chi connectivity index (χ3n) is 5.51. The van der Waals surface area contributed by atoms with E-state index in [0.717, 1.165) is 0 Å². The highest BCUT2D eigenvalue weighted by Gasteiger charge is 2.33. The van der Waals surface area contributed by atoms with Gasteiger partial charge in [0.25, 0.3) is 0 Å². The van der Waals surface area contributed by atoms with E-state index in [2.05, 4.69) is 10.1 Å². The molecule has 2 aromatic carbocycles. The maximum Gasteiger partial charge on any atom is 0.387 e. The van der Waals surface area contributed by atoms with E-state index >= 15 is 0 Å². The van der Waals surface area contributed by atoms with Crippen LogP contribution in [-0.4, -0.2) is 38.3 Å². The predicted molar refractivity (Wildman–Crippen MR) is 117 cm³/mol. The number of hydrogen-bond donors (Lipinski definition) is 1. The van der Waals surface area contributed by atoms with Gasteiger partial charge in [-0.3, -0.25) is 4.79 Å². The highest BCUT2D eigenvalue weighted by atomic mass is 35.5. The molecule has 0 aromatic heterocycles. The van der Waals surface area contributed by atoms with Crippen molar-refractivity contribution >= 4 is 27.5 Å². The van der Waals surface area contributed by atoms with Crippen LogP contribution in [0.2, 0.25) is 5.02 Å². The molecule has 10 heteroatoms. The van der Waals surface area contributed by atoms with Crippen LogP contribution < -0.4 is 10.1 Å². The zero-order valence-corrected chi connectivity index (χ0v) is 19.1. The number of sulfonamides is 1. The second-order valence-corrected chi connectivity index (χ2v) is 9.89. The molecule has 6 nitrogen and oxygen atoms in total. The summed E-state index contributed by atoms with van der Waals surface area (Å²) < 4.78 is 57.0. The van der Waals surface area contributed by atoms with Crippen molar-refractivity contribution in [2.24, 2.45) is 5.92 Å². The summed E-state index contributed by atoms with van der Waals surface area (Å²) in [4.78, 5) is 13.0. The van der Waals surface area contributed by atoms with Crippen LogP contribution in [0.3, 0.4) is 0 Å². The number of para-hydroxylation sites is 1. The van der Waals surface area contributed by atoms with E-state index in [9.17, 15) is 22.0 Å². The normalized spacial score (nSPS) is 16.7. The molecule has 32 heavy (non-hydrogen) atoms. The third-order valence-corrected chi connectivity index (χ3v) is 7.68. The number of benzene rings is 2. The minimum atomic E-state index is -3.66. The Morgan fingerprint density at radius 3 is 2.38 bits per heavy atom. The van der Waals surface area contributed by atoms with Crippen LogP contribution in [0.1, 0.15) is 37.8 Å². The van der Waals surface area contributed by atoms with Gasteiger partial charge in [-0.1, -0.05) is 36.7 Å². The zero-order valence-electron chi connectivity index (χ0n) is 17.5. The Morgan fingerprint density at radius 2 is 1.78 bits per heavy atom. The van der Waals surface area contributed by atoms with Crippen LogP contribution in [0.25, 0.3) is 0 Å². The maximum absolute atomic E-state index is 12.9. The number of piperidine rings is 1. The smallest absolute Gasteiger partial charge is 0.387 e. The Kier molecular flexibility index (Phi) is 8.08. The molecule has 0 saturated carbocycles. The number of hydrogen-bond acceptors (Lipinski definition) is 4. The van der Waals surface area contributed by atoms with Crippen molar-refractivity contribution in [3.05, 3.63) is 59.1 Å². The van der Waals surface area contributed by atoms with Gasteiger partial charge in [-0.25, -0.2) is 8.42 Å². The molecular weight excluding hydrogens is 462 g/mol. The van der Waals surface area contributed by atoms with Crippen LogP contribution in [0.15, 0.2) is 53.4 Å². The first-order valence-electron chi connectivity index (χ1n) is 10.3. The lowest BCUT2D eigenvalue weighted by molar-refractivity contribution is -0.126. The molecule has 1 saturated heterocycles. The number of ether oxygens (including phenoxy) is 1. The van der Waals surface area contributed by atoms with E-state index in [4.69, 9.17) is 11.6 Å². The van der Waals surface area contributed by atoms with Gasteiger partial charge >= 0.3 is 6.61 Å². The molecule has 0 bridgehead atoms. The van der Waals surface area contributed by atoms with Gasteiger partial charge in [-0.15, -0.1) is 0 Å². The van der Waals surface area contributed by atoms with Crippen molar-refractivity contribution < 1.29 is 26.7 Å². The molecule has 0 radical (unpaired) electrons. The molecule has 1 N–H and O–H groups in total. The summed E-state index contributed by atoms with van der Waals surface area (Å²) in [5, 5.41) is 3.36. The lowest BCUT2D eigenvalue weighted by atomic mass is 9.95. The molecule has 1 aliphatic heterocycles. The van der Waals surface area contributed by atoms with Gasteiger partial charge in [0.1, 0.15) is 5.75 Å². The number of amides is 1. The van der Waals surface area contributed by atoms with Gasteiger partial charge in [0.15, 0.2) is 0 Å². The molecule has 1 unspecified atom stereocenters. The summed E-state index contributed by atoms with van der Waals surface area (Å²) in [6.45, 7) is -0.697. The van der Waals surface area contributed by atoms with E-state index in [1.165, 1.54) is 34.6 Å². The van der Waals surface area contributed by atoms with Gasteiger partial charge < -0.3 is 10.1 Å². The largest absolute Gasteiger partial charge is 0.434 e. The average molecular weight is 487 g/mol. The molecule has 1 heterocycles. The standard InChI is InChI=1S/C22H25ClF2N2O4S/c1-2-19(18-5-3-4-6-20(18)31-22(24)25)26-21(28)15-11-13-27(14-12-15)32(29,30)17-9-7-16(23)8-10-17/h3-10,15,19,22H,2,11-14H2,1H3,(H,26,28). The van der Waals surface area contributed by atoms with Crippen molar-refractivity contribution in [2.75, 3.05) is 13.1 Å². The van der Waals surface area contributed by atoms with Crippen LogP contribution in [0.5, 0.6) is 5.75 Å². The third kappa shape index (κ3) is 5.76. The minimum absolute atomic E-state index is 0.0264. The lowest BCUT2D eigenvalue weighted by Crippen LogP contribution is -2.43. The fraction of sp³-hybridized carbons (Fsp3) is 0.409. The Bertz CT molecular complexity index is 1030. The van der Waals surface area contributed by atoms with E-state index < -0.39 is 22.7 Å². The average Bonchev–Trinajstić information content (AvgIpc) is 2.78. The molecule has 0 aliphatic carbocycles. The maximum atomic E-state index is 12.9. The zero-order chi connectivity index (χ0) is 23.3. The molecule has 174 valence electrons. The fourth-order valence-electron chi connectivity index (χ4n) is 3.77. The number of carbonyl (C=O) groups excluding carboxylic acids is 1. The Balaban J connectivity index is 1.63. The van der Waals surface area contributed by atoms with Crippen molar-refractivity contribution in [1.82, 2.24) is 9.62 Å². The number of halogens is 3. The van der Waals surface area contributed by atoms with Crippen molar-refractivity contribution in [3.63, 3.8) is 0 Å². The van der Waals surface area contributed by atoms with Crippen molar-refractivity contribution in [3.8, 4) is 5.75 Å². The Morgan fingerprint density at radius 1 is 1.16 bits per heavy atom. The summed E-state index contributed by atoms with van der Waals surface area (Å²) >= 11 is 5.84. The second kappa shape index (κ2) is 10.6. The molecule has 0 spiro atoms. The van der Waals surface area contributed by atoms with E-state index in [-0.39, 0.29) is 35.6 Å². The summed E-state index contributed by atoms with van der Waals surface area (Å²) in [6.07, 6.45) is 1.22. The van der Waals surface area contributed by atoms with Gasteiger partial charge in [0.2, 0.25) is 15.9 Å². The molecule has 1 amide bonds. The van der Waals surface area contributed by atoms with E-state index in [1.54, 1.807) is 18.2 Å². The topological polar surface area (TPSA) is 75.7 Å². The van der Waals surface area contributed by atoms with Gasteiger partial charge in [0, 0.05) is 29.6 Å². The van der Waals surface area contributed by atoms with Gasteiger partial charge in [-0.05, 0) is 49.6 Å². The highest BCUT2D eigenvalue weighted by Crippen LogP contribution is 2.30. The number of rotatable bonds is 8. The van der Waals surface area contributed by atoms with Crippen LogP contribution in [0.4, 0.5) is 8.78 Å². The first-order valence-corrected chi connectivity index (χ1v) is 12.1. The molecule has 1 aliphatic rings. The van der Waals surface area contributed by atoms with E-state index in [1.807, 2.05) is 6.92 Å². The molecule has 2 aromatic rings. The van der Waals surface area contributed by atoms with Crippen LogP contribution in [0, 0.1) is 5.92 Å². The van der Waals surface area contributed by atoms with Crippen molar-refractivity contribution in [1.29, 1.82) is 0 Å². The summed E-state index contributed by atoms with van der Waals surface area (Å²) in [5.74, 6) is -0.574. The van der Waals surface area contributed by atoms with Crippen molar-refractivity contribution in [2.45, 2.75) is 43.7 Å². The molecule has 1 fully saturated rings. The Hall–Kier alpha value is -2.23. The summed E-state index contributed by atoms with van der Waals surface area (Å²) in [5.41, 5.74) is 0.478. The monoisotopic (exact) mass is 486 g/mol. The van der Waals surface area contributed by atoms with Crippen LogP contribution >= 0.6 is 11.6 Å². The van der Waals surface area contributed by atoms with E-state index in [0.29, 0.717) is 29.8 Å². The second-order valence-electron chi connectivity index (χ2n) is 7.52. The summed E-state index contributed by atoms with van der Waals surface area (Å²) in [7, 11) is -3.66. The van der Waals surface area contributed by atoms with Gasteiger partial charge in [-0.2, -0.15) is 13.1 Å². The van der Waals surface area contributed by atoms with Crippen LogP contribution in [-0.2, 0) is 14.8 Å². The highest BCUT2D eigenvalue weighted by molar-refractivity contribution is 7.89. The first kappa shape index (κ1) is 24.4. The SMILES string of the molecule is CCC(NC(=O)C1CCN(S(=O)(=O)c2ccc(Cl)cc2)CC1)c1ccccc1OC(F)F. The number of alkyl halides is 2. The Labute approximate surface area is 191 Å². The van der Waals surface area contributed by atoms with Gasteiger partial charge in [0.05, 0.1) is 10.9 Å². The summed E-state index contributed by atoms with van der Waals surface area (Å²) in [6, 6.07) is 11.8. The molecule has 3 rings (SSSR count). The fourth-order valence-corrected chi connectivity index (χ4v) is 5.37. The lowest BCUT2D eigenvalue weighted by Gasteiger charge is -2.31.